The van der Waals surface area contributed by atoms with Crippen molar-refractivity contribution in [2.75, 3.05) is 13.1 Å². The van der Waals surface area contributed by atoms with Gasteiger partial charge in [-0.05, 0) is 31.9 Å². The van der Waals surface area contributed by atoms with Gasteiger partial charge in [-0.3, -0.25) is 9.69 Å². The van der Waals surface area contributed by atoms with Crippen LogP contribution in [0.3, 0.4) is 0 Å². The summed E-state index contributed by atoms with van der Waals surface area (Å²) in [5.41, 5.74) is 0.814. The number of benzene rings is 1. The Bertz CT molecular complexity index is 703. The van der Waals surface area contributed by atoms with Crippen LogP contribution in [0.15, 0.2) is 35.7 Å². The number of carbonyl (C=O) groups is 1. The van der Waals surface area contributed by atoms with E-state index in [4.69, 9.17) is 0 Å². The predicted molar refractivity (Wildman–Crippen MR) is 93.0 cm³/mol. The van der Waals surface area contributed by atoms with Gasteiger partial charge in [0, 0.05) is 18.5 Å². The van der Waals surface area contributed by atoms with Crippen molar-refractivity contribution in [3.8, 4) is 0 Å². The van der Waals surface area contributed by atoms with Crippen molar-refractivity contribution in [3.63, 3.8) is 0 Å². The highest BCUT2D eigenvalue weighted by Crippen LogP contribution is 2.36. The van der Waals surface area contributed by atoms with Gasteiger partial charge in [-0.15, -0.1) is 11.3 Å². The number of hydrogen-bond acceptors (Lipinski definition) is 5. The molecule has 1 fully saturated rings. The first-order chi connectivity index (χ1) is 11.5. The molecule has 1 saturated heterocycles. The standard InChI is InChI=1S/C18H22N2O3S/c1-13-19-15(12-24-13)10-20-8-7-18(17(22)23,16(21)11-20)9-14-5-3-2-4-6-14/h2-6,12,16,21H,7-11H2,1H3,(H,22,23)/t16-,18+/m0/s1. The number of aliphatic carboxylic acids is 1. The molecule has 2 N–H and O–H groups in total. The van der Waals surface area contributed by atoms with E-state index in [1.807, 2.05) is 42.6 Å². The smallest absolute Gasteiger partial charge is 0.312 e. The Labute approximate surface area is 145 Å². The monoisotopic (exact) mass is 346 g/mol. The fraction of sp³-hybridized carbons (Fsp3) is 0.444. The SMILES string of the molecule is Cc1nc(CN2CC[C@](Cc3ccccc3)(C(=O)O)[C@@H](O)C2)cs1. The van der Waals surface area contributed by atoms with Crippen LogP contribution in [0.2, 0.25) is 0 Å². The zero-order chi connectivity index (χ0) is 17.2. The Kier molecular flexibility index (Phi) is 4.99. The van der Waals surface area contributed by atoms with E-state index >= 15 is 0 Å². The van der Waals surface area contributed by atoms with E-state index in [1.54, 1.807) is 11.3 Å². The van der Waals surface area contributed by atoms with Gasteiger partial charge < -0.3 is 10.2 Å². The minimum Gasteiger partial charge on any atom is -0.481 e. The Morgan fingerprint density at radius 3 is 2.75 bits per heavy atom. The first kappa shape index (κ1) is 17.1. The van der Waals surface area contributed by atoms with E-state index in [0.717, 1.165) is 16.3 Å². The van der Waals surface area contributed by atoms with Gasteiger partial charge in [0.25, 0.3) is 0 Å². The number of aryl methyl sites for hydroxylation is 1. The third kappa shape index (κ3) is 3.50. The average molecular weight is 346 g/mol. The van der Waals surface area contributed by atoms with Crippen LogP contribution in [0.1, 0.15) is 22.7 Å². The molecule has 0 amide bonds. The van der Waals surface area contributed by atoms with Crippen molar-refractivity contribution in [2.45, 2.75) is 32.4 Å². The van der Waals surface area contributed by atoms with Gasteiger partial charge in [-0.1, -0.05) is 30.3 Å². The van der Waals surface area contributed by atoms with E-state index in [1.165, 1.54) is 0 Å². The minimum atomic E-state index is -1.12. The first-order valence-corrected chi connectivity index (χ1v) is 8.96. The molecule has 1 aliphatic rings. The molecule has 5 nitrogen and oxygen atoms in total. The van der Waals surface area contributed by atoms with Crippen LogP contribution in [-0.2, 0) is 17.8 Å². The van der Waals surface area contributed by atoms with Gasteiger partial charge in [0.15, 0.2) is 0 Å². The number of aliphatic hydroxyl groups is 1. The summed E-state index contributed by atoms with van der Waals surface area (Å²) in [7, 11) is 0. The van der Waals surface area contributed by atoms with Crippen LogP contribution < -0.4 is 0 Å². The molecule has 1 aromatic heterocycles. The van der Waals surface area contributed by atoms with Crippen LogP contribution >= 0.6 is 11.3 Å². The molecule has 1 aromatic carbocycles. The summed E-state index contributed by atoms with van der Waals surface area (Å²) in [6, 6.07) is 9.55. The lowest BCUT2D eigenvalue weighted by atomic mass is 9.71. The van der Waals surface area contributed by atoms with Crippen molar-refractivity contribution in [1.29, 1.82) is 0 Å². The molecule has 1 aliphatic heterocycles. The topological polar surface area (TPSA) is 73.7 Å². The number of thiazole rings is 1. The Hall–Kier alpha value is -1.76. The number of carboxylic acids is 1. The van der Waals surface area contributed by atoms with Crippen LogP contribution in [0.4, 0.5) is 0 Å². The van der Waals surface area contributed by atoms with Gasteiger partial charge in [-0.2, -0.15) is 0 Å². The number of aliphatic hydroxyl groups excluding tert-OH is 1. The zero-order valence-electron chi connectivity index (χ0n) is 13.7. The minimum absolute atomic E-state index is 0.355. The summed E-state index contributed by atoms with van der Waals surface area (Å²) in [6.07, 6.45) is -0.112. The quantitative estimate of drug-likeness (QED) is 0.869. The van der Waals surface area contributed by atoms with Crippen molar-refractivity contribution in [1.82, 2.24) is 9.88 Å². The molecule has 6 heteroatoms. The maximum atomic E-state index is 12.0. The first-order valence-electron chi connectivity index (χ1n) is 8.08. The maximum Gasteiger partial charge on any atom is 0.312 e. The van der Waals surface area contributed by atoms with E-state index in [2.05, 4.69) is 9.88 Å². The second kappa shape index (κ2) is 7.01. The molecular weight excluding hydrogens is 324 g/mol. The number of likely N-dealkylation sites (tertiary alicyclic amines) is 1. The third-order valence-electron chi connectivity index (χ3n) is 4.78. The third-order valence-corrected chi connectivity index (χ3v) is 5.61. The second-order valence-electron chi connectivity index (χ2n) is 6.48. The van der Waals surface area contributed by atoms with Crippen LogP contribution in [0.5, 0.6) is 0 Å². The van der Waals surface area contributed by atoms with Crippen molar-refractivity contribution < 1.29 is 15.0 Å². The van der Waals surface area contributed by atoms with Gasteiger partial charge in [0.05, 0.1) is 16.8 Å². The highest BCUT2D eigenvalue weighted by atomic mass is 32.1. The Balaban J connectivity index is 1.72. The van der Waals surface area contributed by atoms with E-state index in [9.17, 15) is 15.0 Å². The number of β-amino-alcohol motifs (C(OH)–C–C–N with tert-alkyl or cyclic N) is 1. The highest BCUT2D eigenvalue weighted by Gasteiger charge is 2.48. The number of nitrogens with zero attached hydrogens (tertiary/aromatic N) is 2. The van der Waals surface area contributed by atoms with Crippen LogP contribution in [0, 0.1) is 12.3 Å². The molecule has 3 rings (SSSR count). The van der Waals surface area contributed by atoms with Gasteiger partial charge in [0.1, 0.15) is 5.41 Å². The van der Waals surface area contributed by atoms with E-state index < -0.39 is 17.5 Å². The Morgan fingerprint density at radius 2 is 2.17 bits per heavy atom. The predicted octanol–water partition coefficient (Wildman–Crippen LogP) is 2.33. The number of aromatic nitrogens is 1. The Morgan fingerprint density at radius 1 is 1.42 bits per heavy atom. The van der Waals surface area contributed by atoms with Crippen molar-refractivity contribution in [2.24, 2.45) is 5.41 Å². The summed E-state index contributed by atoms with van der Waals surface area (Å²) >= 11 is 1.61. The number of piperidine rings is 1. The van der Waals surface area contributed by atoms with Gasteiger partial charge in [0.2, 0.25) is 0 Å². The molecule has 2 aromatic rings. The van der Waals surface area contributed by atoms with E-state index in [-0.39, 0.29) is 0 Å². The van der Waals surface area contributed by atoms with Crippen molar-refractivity contribution in [3.05, 3.63) is 52.0 Å². The molecular formula is C18H22N2O3S. The molecule has 0 aliphatic carbocycles. The maximum absolute atomic E-state index is 12.0. The summed E-state index contributed by atoms with van der Waals surface area (Å²) in [5, 5.41) is 23.5. The summed E-state index contributed by atoms with van der Waals surface area (Å²) in [6.45, 7) is 3.62. The molecule has 24 heavy (non-hydrogen) atoms. The van der Waals surface area contributed by atoms with Gasteiger partial charge in [-0.25, -0.2) is 4.98 Å². The summed E-state index contributed by atoms with van der Waals surface area (Å²) in [5.74, 6) is -0.914. The lowest BCUT2D eigenvalue weighted by Gasteiger charge is -2.42. The highest BCUT2D eigenvalue weighted by molar-refractivity contribution is 7.09. The van der Waals surface area contributed by atoms with Crippen LogP contribution in [-0.4, -0.2) is 45.3 Å². The molecule has 0 saturated carbocycles. The normalized spacial score (nSPS) is 24.8. The van der Waals surface area contributed by atoms with Gasteiger partial charge >= 0.3 is 5.97 Å². The molecule has 2 heterocycles. The van der Waals surface area contributed by atoms with E-state index in [0.29, 0.717) is 32.5 Å². The molecule has 0 radical (unpaired) electrons. The number of carboxylic acid groups (broad SMARTS) is 1. The summed E-state index contributed by atoms with van der Waals surface area (Å²) in [4.78, 5) is 18.5. The largest absolute Gasteiger partial charge is 0.481 e. The molecule has 0 spiro atoms. The lowest BCUT2D eigenvalue weighted by molar-refractivity contribution is -0.163. The molecule has 128 valence electrons. The molecule has 0 unspecified atom stereocenters. The molecule has 0 bridgehead atoms. The zero-order valence-corrected chi connectivity index (χ0v) is 14.5. The van der Waals surface area contributed by atoms with Crippen molar-refractivity contribution >= 4 is 17.3 Å². The second-order valence-corrected chi connectivity index (χ2v) is 7.54. The average Bonchev–Trinajstić information content (AvgIpc) is 2.96. The summed E-state index contributed by atoms with van der Waals surface area (Å²) < 4.78 is 0. The number of rotatable bonds is 5. The fourth-order valence-corrected chi connectivity index (χ4v) is 3.98. The van der Waals surface area contributed by atoms with Crippen LogP contribution in [0.25, 0.3) is 0 Å². The number of hydrogen-bond donors (Lipinski definition) is 2. The molecule has 2 atom stereocenters. The lowest BCUT2D eigenvalue weighted by Crippen LogP contribution is -2.55. The fourth-order valence-electron chi connectivity index (χ4n) is 3.38.